The predicted octanol–water partition coefficient (Wildman–Crippen LogP) is 2.42. The van der Waals surface area contributed by atoms with Gasteiger partial charge in [-0.3, -0.25) is 0 Å². The van der Waals surface area contributed by atoms with Gasteiger partial charge in [-0.1, -0.05) is 28.4 Å². The van der Waals surface area contributed by atoms with Crippen molar-refractivity contribution in [1.82, 2.24) is 10.1 Å². The lowest BCUT2D eigenvalue weighted by Crippen LogP contribution is -1.83. The first-order chi connectivity index (χ1) is 5.27. The average molecular weight is 193 g/mol. The Morgan fingerprint density at radius 1 is 1.45 bits per heavy atom. The van der Waals surface area contributed by atoms with Gasteiger partial charge in [0.25, 0.3) is 5.89 Å². The lowest BCUT2D eigenvalue weighted by molar-refractivity contribution is 0.382. The van der Waals surface area contributed by atoms with Gasteiger partial charge in [-0.05, 0) is 12.8 Å². The van der Waals surface area contributed by atoms with Crippen molar-refractivity contribution in [2.75, 3.05) is 0 Å². The molecule has 3 nitrogen and oxygen atoms in total. The summed E-state index contributed by atoms with van der Waals surface area (Å²) in [6.07, 6.45) is 2.29. The Labute approximate surface area is 73.7 Å². The Balaban J connectivity index is 2.18. The SMILES string of the molecule is ClC(Cl)c1nc(C2CC2)no1. The summed E-state index contributed by atoms with van der Waals surface area (Å²) in [6.45, 7) is 0. The van der Waals surface area contributed by atoms with Crippen LogP contribution in [-0.4, -0.2) is 10.1 Å². The van der Waals surface area contributed by atoms with E-state index in [0.29, 0.717) is 11.8 Å². The summed E-state index contributed by atoms with van der Waals surface area (Å²) in [7, 11) is 0. The topological polar surface area (TPSA) is 38.9 Å². The third-order valence-corrected chi connectivity index (χ3v) is 1.96. The molecule has 0 radical (unpaired) electrons. The fourth-order valence-electron chi connectivity index (χ4n) is 0.843. The highest BCUT2D eigenvalue weighted by Gasteiger charge is 2.29. The van der Waals surface area contributed by atoms with Gasteiger partial charge in [-0.25, -0.2) is 0 Å². The first-order valence-electron chi connectivity index (χ1n) is 3.39. The zero-order valence-electron chi connectivity index (χ0n) is 5.63. The molecule has 0 amide bonds. The normalized spacial score (nSPS) is 17.7. The van der Waals surface area contributed by atoms with Gasteiger partial charge in [0.15, 0.2) is 10.7 Å². The monoisotopic (exact) mass is 192 g/mol. The van der Waals surface area contributed by atoms with Crippen molar-refractivity contribution in [3.05, 3.63) is 11.7 Å². The third kappa shape index (κ3) is 1.49. The Bertz CT molecular complexity index is 240. The van der Waals surface area contributed by atoms with Crippen LogP contribution in [0.4, 0.5) is 0 Å². The van der Waals surface area contributed by atoms with Crippen molar-refractivity contribution >= 4 is 23.2 Å². The molecule has 1 aliphatic carbocycles. The zero-order chi connectivity index (χ0) is 7.84. The van der Waals surface area contributed by atoms with Crippen LogP contribution in [0.1, 0.15) is 35.3 Å². The standard InChI is InChI=1S/C6H6Cl2N2O/c7-4(8)6-9-5(10-11-6)3-1-2-3/h3-4H,1-2H2. The smallest absolute Gasteiger partial charge is 0.259 e. The molecule has 5 heteroatoms. The quantitative estimate of drug-likeness (QED) is 0.677. The maximum absolute atomic E-state index is 5.51. The minimum atomic E-state index is -0.699. The molecule has 1 heterocycles. The van der Waals surface area contributed by atoms with Crippen LogP contribution in [-0.2, 0) is 0 Å². The molecule has 1 aromatic rings. The molecule has 0 spiro atoms. The summed E-state index contributed by atoms with van der Waals surface area (Å²) >= 11 is 11.0. The molecule has 0 atom stereocenters. The van der Waals surface area contributed by atoms with Gasteiger partial charge in [-0.15, -0.1) is 0 Å². The Hall–Kier alpha value is -0.280. The van der Waals surface area contributed by atoms with E-state index in [1.54, 1.807) is 0 Å². The molecule has 2 rings (SSSR count). The molecule has 0 N–H and O–H groups in total. The van der Waals surface area contributed by atoms with E-state index in [-0.39, 0.29) is 0 Å². The fourth-order valence-corrected chi connectivity index (χ4v) is 1.02. The van der Waals surface area contributed by atoms with Crippen LogP contribution in [0.2, 0.25) is 0 Å². The van der Waals surface area contributed by atoms with Crippen molar-refractivity contribution in [2.45, 2.75) is 23.6 Å². The van der Waals surface area contributed by atoms with E-state index in [1.807, 2.05) is 0 Å². The molecule has 0 saturated heterocycles. The van der Waals surface area contributed by atoms with Gasteiger partial charge >= 0.3 is 0 Å². The van der Waals surface area contributed by atoms with Gasteiger partial charge in [0.1, 0.15) is 0 Å². The van der Waals surface area contributed by atoms with Gasteiger partial charge < -0.3 is 4.52 Å². The summed E-state index contributed by atoms with van der Waals surface area (Å²) in [5.74, 6) is 1.53. The van der Waals surface area contributed by atoms with Crippen LogP contribution in [0.3, 0.4) is 0 Å². The number of halogens is 2. The van der Waals surface area contributed by atoms with Gasteiger partial charge in [0, 0.05) is 5.92 Å². The highest BCUT2D eigenvalue weighted by molar-refractivity contribution is 6.43. The Morgan fingerprint density at radius 3 is 2.64 bits per heavy atom. The average Bonchev–Trinajstić information content (AvgIpc) is 2.68. The van der Waals surface area contributed by atoms with E-state index in [0.717, 1.165) is 18.7 Å². The summed E-state index contributed by atoms with van der Waals surface area (Å²) in [4.78, 5) is 3.33. The number of rotatable bonds is 2. The van der Waals surface area contributed by atoms with Gasteiger partial charge in [-0.2, -0.15) is 4.98 Å². The molecule has 1 fully saturated rings. The van der Waals surface area contributed by atoms with Crippen LogP contribution in [0.5, 0.6) is 0 Å². The Morgan fingerprint density at radius 2 is 2.18 bits per heavy atom. The second-order valence-electron chi connectivity index (χ2n) is 2.57. The maximum Gasteiger partial charge on any atom is 0.259 e. The lowest BCUT2D eigenvalue weighted by Gasteiger charge is -1.86. The highest BCUT2D eigenvalue weighted by atomic mass is 35.5. The number of hydrogen-bond donors (Lipinski definition) is 0. The van der Waals surface area contributed by atoms with E-state index in [4.69, 9.17) is 27.7 Å². The maximum atomic E-state index is 5.51. The van der Waals surface area contributed by atoms with Gasteiger partial charge in [0.05, 0.1) is 0 Å². The van der Waals surface area contributed by atoms with Crippen molar-refractivity contribution in [2.24, 2.45) is 0 Å². The van der Waals surface area contributed by atoms with E-state index < -0.39 is 4.84 Å². The van der Waals surface area contributed by atoms with Crippen molar-refractivity contribution in [3.8, 4) is 0 Å². The highest BCUT2D eigenvalue weighted by Crippen LogP contribution is 2.38. The van der Waals surface area contributed by atoms with Crippen LogP contribution >= 0.6 is 23.2 Å². The number of aromatic nitrogens is 2. The first-order valence-corrected chi connectivity index (χ1v) is 4.26. The molecular formula is C6H6Cl2N2O. The second kappa shape index (κ2) is 2.64. The number of nitrogens with zero attached hydrogens (tertiary/aromatic N) is 2. The van der Waals surface area contributed by atoms with Crippen molar-refractivity contribution in [1.29, 1.82) is 0 Å². The van der Waals surface area contributed by atoms with Crippen LogP contribution in [0, 0.1) is 0 Å². The molecule has 60 valence electrons. The summed E-state index contributed by atoms with van der Waals surface area (Å²) in [5.41, 5.74) is 0. The number of hydrogen-bond acceptors (Lipinski definition) is 3. The van der Waals surface area contributed by atoms with E-state index in [2.05, 4.69) is 10.1 Å². The molecule has 0 unspecified atom stereocenters. The predicted molar refractivity (Wildman–Crippen MR) is 40.7 cm³/mol. The van der Waals surface area contributed by atoms with E-state index in [9.17, 15) is 0 Å². The minimum Gasteiger partial charge on any atom is -0.336 e. The third-order valence-electron chi connectivity index (χ3n) is 1.59. The van der Waals surface area contributed by atoms with Crippen molar-refractivity contribution < 1.29 is 4.52 Å². The number of alkyl halides is 2. The summed E-state index contributed by atoms with van der Waals surface area (Å²) in [5, 5.41) is 3.74. The summed E-state index contributed by atoms with van der Waals surface area (Å²) < 4.78 is 4.80. The van der Waals surface area contributed by atoms with E-state index >= 15 is 0 Å². The molecule has 0 aliphatic heterocycles. The van der Waals surface area contributed by atoms with Crippen LogP contribution < -0.4 is 0 Å². The minimum absolute atomic E-state index is 0.301. The van der Waals surface area contributed by atoms with Crippen LogP contribution in [0.15, 0.2) is 4.52 Å². The lowest BCUT2D eigenvalue weighted by atomic mass is 10.4. The Kier molecular flexibility index (Phi) is 1.77. The molecule has 1 aliphatic rings. The molecule has 11 heavy (non-hydrogen) atoms. The van der Waals surface area contributed by atoms with E-state index in [1.165, 1.54) is 0 Å². The summed E-state index contributed by atoms with van der Waals surface area (Å²) in [6, 6.07) is 0. The molecule has 1 aromatic heterocycles. The fraction of sp³-hybridized carbons (Fsp3) is 0.667. The zero-order valence-corrected chi connectivity index (χ0v) is 7.14. The first kappa shape index (κ1) is 7.37. The van der Waals surface area contributed by atoms with Crippen LogP contribution in [0.25, 0.3) is 0 Å². The molecule has 0 bridgehead atoms. The molecule has 0 aromatic carbocycles. The van der Waals surface area contributed by atoms with Crippen molar-refractivity contribution in [3.63, 3.8) is 0 Å². The second-order valence-corrected chi connectivity index (χ2v) is 3.66. The molecular weight excluding hydrogens is 187 g/mol. The van der Waals surface area contributed by atoms with Gasteiger partial charge in [0.2, 0.25) is 0 Å². The molecule has 1 saturated carbocycles. The largest absolute Gasteiger partial charge is 0.336 e.